The van der Waals surface area contributed by atoms with Gasteiger partial charge in [0, 0.05) is 18.6 Å². The summed E-state index contributed by atoms with van der Waals surface area (Å²) in [7, 11) is 0.904. The van der Waals surface area contributed by atoms with Crippen molar-refractivity contribution in [3.8, 4) is 0 Å². The molecule has 18 heavy (non-hydrogen) atoms. The van der Waals surface area contributed by atoms with E-state index in [1.165, 1.54) is 38.1 Å². The third-order valence-electron chi connectivity index (χ3n) is 2.76. The molecule has 0 amide bonds. The molecule has 1 rings (SSSR count). The van der Waals surface area contributed by atoms with Gasteiger partial charge in [-0.2, -0.15) is 13.2 Å². The van der Waals surface area contributed by atoms with Crippen LogP contribution in [-0.4, -0.2) is 19.1 Å². The monoisotopic (exact) mass is 260 g/mol. The van der Waals surface area contributed by atoms with Crippen LogP contribution in [0.15, 0.2) is 30.3 Å². The minimum Gasteiger partial charge on any atom is -0.358 e. The van der Waals surface area contributed by atoms with Crippen molar-refractivity contribution in [2.75, 3.05) is 7.11 Å². The summed E-state index contributed by atoms with van der Waals surface area (Å²) in [6.07, 6.45) is -4.80. The number of halogens is 3. The second-order valence-corrected chi connectivity index (χ2v) is 4.27. The van der Waals surface area contributed by atoms with Gasteiger partial charge in [0.25, 0.3) is 0 Å². The van der Waals surface area contributed by atoms with Gasteiger partial charge in [0.2, 0.25) is 5.60 Å². The lowest BCUT2D eigenvalue weighted by atomic mass is 9.83. The Balaban J connectivity index is 3.47. The first-order valence-electron chi connectivity index (χ1n) is 5.49. The second kappa shape index (κ2) is 5.10. The van der Waals surface area contributed by atoms with Crippen LogP contribution >= 0.6 is 0 Å². The number of carbonyl (C=O) groups excluding carboxylic acids is 1. The van der Waals surface area contributed by atoms with Crippen molar-refractivity contribution in [3.05, 3.63) is 35.9 Å². The molecule has 1 aromatic carbocycles. The fourth-order valence-corrected chi connectivity index (χ4v) is 1.86. The summed E-state index contributed by atoms with van der Waals surface area (Å²) in [6.45, 7) is 2.84. The highest BCUT2D eigenvalue weighted by Crippen LogP contribution is 2.44. The molecule has 0 aliphatic heterocycles. The van der Waals surface area contributed by atoms with Gasteiger partial charge in [-0.25, -0.2) is 0 Å². The standard InChI is InChI=1S/C13H15F3O2/c1-9(2)11(17)12(18-3,13(14,15)16)10-7-5-4-6-8-10/h4-9H,1-3H3/t12-/m0/s1. The Kier molecular flexibility index (Phi) is 4.16. The zero-order chi connectivity index (χ0) is 14.0. The summed E-state index contributed by atoms with van der Waals surface area (Å²) in [5.41, 5.74) is -3.08. The van der Waals surface area contributed by atoms with E-state index in [1.54, 1.807) is 6.07 Å². The number of ketones is 1. The molecular weight excluding hydrogens is 245 g/mol. The van der Waals surface area contributed by atoms with Crippen molar-refractivity contribution in [2.24, 2.45) is 5.92 Å². The number of benzene rings is 1. The summed E-state index contributed by atoms with van der Waals surface area (Å²) in [5, 5.41) is 0. The predicted molar refractivity (Wildman–Crippen MR) is 61.0 cm³/mol. The number of methoxy groups -OCH3 is 1. The Hall–Kier alpha value is -1.36. The average Bonchev–Trinajstić information content (AvgIpc) is 2.30. The van der Waals surface area contributed by atoms with E-state index in [2.05, 4.69) is 4.74 Å². The molecule has 0 spiro atoms. The van der Waals surface area contributed by atoms with Crippen molar-refractivity contribution in [1.82, 2.24) is 0 Å². The zero-order valence-corrected chi connectivity index (χ0v) is 10.4. The summed E-state index contributed by atoms with van der Waals surface area (Å²) < 4.78 is 44.6. The van der Waals surface area contributed by atoms with E-state index in [0.29, 0.717) is 0 Å². The van der Waals surface area contributed by atoms with E-state index >= 15 is 0 Å². The number of carbonyl (C=O) groups is 1. The molecule has 0 aliphatic rings. The van der Waals surface area contributed by atoms with Crippen LogP contribution in [-0.2, 0) is 15.1 Å². The van der Waals surface area contributed by atoms with E-state index in [1.807, 2.05) is 0 Å². The molecular formula is C13H15F3O2. The molecule has 5 heteroatoms. The van der Waals surface area contributed by atoms with Crippen molar-refractivity contribution >= 4 is 5.78 Å². The maximum absolute atomic E-state index is 13.3. The summed E-state index contributed by atoms with van der Waals surface area (Å²) >= 11 is 0. The third-order valence-corrected chi connectivity index (χ3v) is 2.76. The molecule has 0 radical (unpaired) electrons. The summed E-state index contributed by atoms with van der Waals surface area (Å²) in [6, 6.07) is 6.97. The van der Waals surface area contributed by atoms with Gasteiger partial charge < -0.3 is 4.74 Å². The van der Waals surface area contributed by atoms with Crippen molar-refractivity contribution in [2.45, 2.75) is 25.6 Å². The minimum atomic E-state index is -4.80. The maximum Gasteiger partial charge on any atom is 0.428 e. The molecule has 0 aromatic heterocycles. The van der Waals surface area contributed by atoms with Crippen LogP contribution in [0, 0.1) is 5.92 Å². The molecule has 2 nitrogen and oxygen atoms in total. The van der Waals surface area contributed by atoms with Gasteiger partial charge in [0.15, 0.2) is 5.78 Å². The van der Waals surface area contributed by atoms with Crippen molar-refractivity contribution in [1.29, 1.82) is 0 Å². The van der Waals surface area contributed by atoms with Gasteiger partial charge in [-0.3, -0.25) is 4.79 Å². The Morgan fingerprint density at radius 3 is 2.00 bits per heavy atom. The maximum atomic E-state index is 13.3. The Morgan fingerprint density at radius 2 is 1.67 bits per heavy atom. The molecule has 0 aliphatic carbocycles. The first-order chi connectivity index (χ1) is 8.27. The Labute approximate surface area is 104 Å². The van der Waals surface area contributed by atoms with E-state index in [9.17, 15) is 18.0 Å². The Morgan fingerprint density at radius 1 is 1.17 bits per heavy atom. The van der Waals surface area contributed by atoms with Crippen LogP contribution in [0.4, 0.5) is 13.2 Å². The first kappa shape index (κ1) is 14.7. The molecule has 100 valence electrons. The van der Waals surface area contributed by atoms with Gasteiger partial charge in [-0.15, -0.1) is 0 Å². The number of hydrogen-bond acceptors (Lipinski definition) is 2. The van der Waals surface area contributed by atoms with Crippen LogP contribution in [0.5, 0.6) is 0 Å². The fourth-order valence-electron chi connectivity index (χ4n) is 1.86. The number of rotatable bonds is 4. The number of hydrogen-bond donors (Lipinski definition) is 0. The molecule has 0 heterocycles. The van der Waals surface area contributed by atoms with Gasteiger partial charge >= 0.3 is 6.18 Å². The predicted octanol–water partition coefficient (Wildman–Crippen LogP) is 3.32. The van der Waals surface area contributed by atoms with E-state index < -0.39 is 23.5 Å². The van der Waals surface area contributed by atoms with Gasteiger partial charge in [-0.05, 0) is 0 Å². The molecule has 1 aromatic rings. The number of alkyl halides is 3. The smallest absolute Gasteiger partial charge is 0.358 e. The van der Waals surface area contributed by atoms with Crippen LogP contribution in [0.1, 0.15) is 19.4 Å². The largest absolute Gasteiger partial charge is 0.428 e. The lowest BCUT2D eigenvalue weighted by molar-refractivity contribution is -0.266. The van der Waals surface area contributed by atoms with Crippen LogP contribution in [0.3, 0.4) is 0 Å². The van der Waals surface area contributed by atoms with Crippen molar-refractivity contribution < 1.29 is 22.7 Å². The molecule has 0 unspecified atom stereocenters. The second-order valence-electron chi connectivity index (χ2n) is 4.27. The van der Waals surface area contributed by atoms with Crippen molar-refractivity contribution in [3.63, 3.8) is 0 Å². The molecule has 0 fully saturated rings. The quantitative estimate of drug-likeness (QED) is 0.830. The normalized spacial score (nSPS) is 15.5. The minimum absolute atomic E-state index is 0.196. The average molecular weight is 260 g/mol. The Bertz CT molecular complexity index is 412. The molecule has 1 atom stereocenters. The number of Topliss-reactive ketones (excluding diaryl/α,β-unsaturated/α-hetero) is 1. The number of ether oxygens (including phenoxy) is 1. The third kappa shape index (κ3) is 2.27. The van der Waals surface area contributed by atoms with Gasteiger partial charge in [0.05, 0.1) is 0 Å². The first-order valence-corrected chi connectivity index (χ1v) is 5.49. The lowest BCUT2D eigenvalue weighted by Crippen LogP contribution is -2.52. The summed E-state index contributed by atoms with van der Waals surface area (Å²) in [5.74, 6) is -1.78. The highest BCUT2D eigenvalue weighted by Gasteiger charge is 2.62. The molecule has 0 saturated heterocycles. The van der Waals surface area contributed by atoms with Crippen LogP contribution < -0.4 is 0 Å². The van der Waals surface area contributed by atoms with E-state index in [-0.39, 0.29) is 5.56 Å². The lowest BCUT2D eigenvalue weighted by Gasteiger charge is -2.34. The molecule has 0 N–H and O–H groups in total. The van der Waals surface area contributed by atoms with Crippen LogP contribution in [0.25, 0.3) is 0 Å². The topological polar surface area (TPSA) is 26.3 Å². The van der Waals surface area contributed by atoms with Gasteiger partial charge in [-0.1, -0.05) is 44.2 Å². The SMILES string of the molecule is CO[C@](C(=O)C(C)C)(c1ccccc1)C(F)(F)F. The van der Waals surface area contributed by atoms with Gasteiger partial charge in [0.1, 0.15) is 0 Å². The molecule has 0 bridgehead atoms. The summed E-state index contributed by atoms with van der Waals surface area (Å²) in [4.78, 5) is 12.0. The highest BCUT2D eigenvalue weighted by atomic mass is 19.4. The van der Waals surface area contributed by atoms with Crippen LogP contribution in [0.2, 0.25) is 0 Å². The zero-order valence-electron chi connectivity index (χ0n) is 10.4. The highest BCUT2D eigenvalue weighted by molar-refractivity contribution is 5.91. The fraction of sp³-hybridized carbons (Fsp3) is 0.462. The van der Waals surface area contributed by atoms with E-state index in [4.69, 9.17) is 0 Å². The molecule has 0 saturated carbocycles. The van der Waals surface area contributed by atoms with E-state index in [0.717, 1.165) is 7.11 Å².